The van der Waals surface area contributed by atoms with Crippen LogP contribution >= 0.6 is 8.25 Å². The van der Waals surface area contributed by atoms with Crippen LogP contribution in [-0.4, -0.2) is 30.9 Å². The summed E-state index contributed by atoms with van der Waals surface area (Å²) in [6.45, 7) is 1.75. The molecular formula is C18H17N4O5P. The Labute approximate surface area is 161 Å². The highest BCUT2D eigenvalue weighted by Crippen LogP contribution is 2.25. The number of nitrogens with one attached hydrogen (secondary N) is 1. The van der Waals surface area contributed by atoms with E-state index in [9.17, 15) is 14.5 Å². The maximum Gasteiger partial charge on any atom is 0.365 e. The van der Waals surface area contributed by atoms with Crippen molar-refractivity contribution in [3.63, 3.8) is 0 Å². The third-order valence-corrected chi connectivity index (χ3v) is 4.25. The van der Waals surface area contributed by atoms with Gasteiger partial charge in [-0.25, -0.2) is 9.55 Å². The maximum atomic E-state index is 12.4. The number of carbonyl (C=O) groups excluding carboxylic acids is 1. The SMILES string of the molecule is C[C@H](NC(=O)c1cnc(-c2ccccn2)nc1O)c1ccc(O[PH](=O)O)cc1. The lowest BCUT2D eigenvalue weighted by Gasteiger charge is -2.15. The van der Waals surface area contributed by atoms with Gasteiger partial charge >= 0.3 is 8.25 Å². The van der Waals surface area contributed by atoms with Crippen LogP contribution < -0.4 is 9.84 Å². The Kier molecular flexibility index (Phi) is 5.98. The van der Waals surface area contributed by atoms with E-state index in [1.807, 2.05) is 0 Å². The van der Waals surface area contributed by atoms with Gasteiger partial charge in [-0.15, -0.1) is 0 Å². The van der Waals surface area contributed by atoms with E-state index in [0.29, 0.717) is 5.69 Å². The molecule has 0 aliphatic rings. The Balaban J connectivity index is 1.71. The van der Waals surface area contributed by atoms with Gasteiger partial charge < -0.3 is 19.8 Å². The second-order valence-electron chi connectivity index (χ2n) is 5.78. The van der Waals surface area contributed by atoms with E-state index in [4.69, 9.17) is 9.42 Å². The summed E-state index contributed by atoms with van der Waals surface area (Å²) in [7, 11) is -3.07. The highest BCUT2D eigenvalue weighted by atomic mass is 31.1. The van der Waals surface area contributed by atoms with Crippen LogP contribution in [0.2, 0.25) is 0 Å². The number of aromatic nitrogens is 3. The van der Waals surface area contributed by atoms with E-state index in [2.05, 4.69) is 20.3 Å². The van der Waals surface area contributed by atoms with Gasteiger partial charge in [-0.3, -0.25) is 9.78 Å². The maximum absolute atomic E-state index is 12.4. The molecule has 0 aliphatic carbocycles. The van der Waals surface area contributed by atoms with E-state index in [-0.39, 0.29) is 17.1 Å². The van der Waals surface area contributed by atoms with Crippen LogP contribution in [-0.2, 0) is 4.57 Å². The summed E-state index contributed by atoms with van der Waals surface area (Å²) in [4.78, 5) is 33.3. The molecule has 144 valence electrons. The van der Waals surface area contributed by atoms with E-state index >= 15 is 0 Å². The second kappa shape index (κ2) is 8.60. The first-order valence-corrected chi connectivity index (χ1v) is 9.49. The number of benzene rings is 1. The number of hydrogen-bond acceptors (Lipinski definition) is 7. The first kappa shape index (κ1) is 19.5. The highest BCUT2D eigenvalue weighted by molar-refractivity contribution is 7.32. The molecule has 0 bridgehead atoms. The van der Waals surface area contributed by atoms with Crippen molar-refractivity contribution >= 4 is 14.2 Å². The molecule has 10 heteroatoms. The molecule has 0 fully saturated rings. The summed E-state index contributed by atoms with van der Waals surface area (Å²) in [5.74, 6) is -0.526. The number of amides is 1. The van der Waals surface area contributed by atoms with Crippen LogP contribution in [0.5, 0.6) is 11.6 Å². The molecule has 9 nitrogen and oxygen atoms in total. The Bertz CT molecular complexity index is 999. The Morgan fingerprint density at radius 3 is 2.54 bits per heavy atom. The predicted molar refractivity (Wildman–Crippen MR) is 101 cm³/mol. The van der Waals surface area contributed by atoms with Crippen molar-refractivity contribution in [1.29, 1.82) is 0 Å². The smallest absolute Gasteiger partial charge is 0.365 e. The van der Waals surface area contributed by atoms with Crippen LogP contribution in [0.25, 0.3) is 11.5 Å². The molecule has 0 aliphatic heterocycles. The Hall–Kier alpha value is -3.29. The number of rotatable bonds is 6. The third-order valence-electron chi connectivity index (χ3n) is 3.84. The molecule has 1 unspecified atom stereocenters. The average molecular weight is 400 g/mol. The fourth-order valence-corrected chi connectivity index (χ4v) is 2.77. The van der Waals surface area contributed by atoms with Gasteiger partial charge in [0, 0.05) is 12.4 Å². The number of pyridine rings is 1. The zero-order valence-corrected chi connectivity index (χ0v) is 15.7. The molecule has 1 aromatic carbocycles. The normalized spacial score (nSPS) is 12.8. The minimum atomic E-state index is -3.07. The third kappa shape index (κ3) is 4.70. The molecule has 3 aromatic rings. The zero-order valence-electron chi connectivity index (χ0n) is 14.7. The lowest BCUT2D eigenvalue weighted by atomic mass is 10.1. The standard InChI is InChI=1S/C18H17N4O5P/c1-11(12-5-7-13(8-6-12)27-28(25)26)21-17(23)14-10-20-16(22-18(14)24)15-4-2-3-9-19-15/h2-11,28H,1H3,(H,21,23)(H,25,26)(H,20,22,24)/t11-/m0/s1. The molecule has 0 saturated carbocycles. The highest BCUT2D eigenvalue weighted by Gasteiger charge is 2.18. The molecule has 2 aromatic heterocycles. The van der Waals surface area contributed by atoms with Crippen molar-refractivity contribution in [1.82, 2.24) is 20.3 Å². The van der Waals surface area contributed by atoms with E-state index < -0.39 is 26.1 Å². The van der Waals surface area contributed by atoms with Crippen molar-refractivity contribution < 1.29 is 23.9 Å². The number of aromatic hydroxyl groups is 1. The van der Waals surface area contributed by atoms with Crippen molar-refractivity contribution in [2.24, 2.45) is 0 Å². The van der Waals surface area contributed by atoms with Crippen molar-refractivity contribution in [2.45, 2.75) is 13.0 Å². The molecule has 3 rings (SSSR count). The van der Waals surface area contributed by atoms with E-state index in [1.165, 1.54) is 18.3 Å². The molecular weight excluding hydrogens is 383 g/mol. The molecule has 2 atom stereocenters. The number of nitrogens with zero attached hydrogens (tertiary/aromatic N) is 3. The van der Waals surface area contributed by atoms with Crippen LogP contribution in [0.15, 0.2) is 54.9 Å². The van der Waals surface area contributed by atoms with Crippen LogP contribution in [0.1, 0.15) is 28.9 Å². The minimum absolute atomic E-state index is 0.0645. The van der Waals surface area contributed by atoms with Crippen LogP contribution in [0.3, 0.4) is 0 Å². The molecule has 2 heterocycles. The second-order valence-corrected chi connectivity index (χ2v) is 6.51. The fraction of sp³-hybridized carbons (Fsp3) is 0.111. The lowest BCUT2D eigenvalue weighted by Crippen LogP contribution is -2.27. The largest absolute Gasteiger partial charge is 0.493 e. The van der Waals surface area contributed by atoms with Crippen LogP contribution in [0.4, 0.5) is 0 Å². The summed E-state index contributed by atoms with van der Waals surface area (Å²) in [5, 5.41) is 12.9. The van der Waals surface area contributed by atoms with Gasteiger partial charge in [-0.05, 0) is 36.8 Å². The van der Waals surface area contributed by atoms with Gasteiger partial charge in [-0.1, -0.05) is 18.2 Å². The van der Waals surface area contributed by atoms with Gasteiger partial charge in [0.15, 0.2) is 5.82 Å². The first-order chi connectivity index (χ1) is 13.4. The molecule has 0 radical (unpaired) electrons. The summed E-state index contributed by atoms with van der Waals surface area (Å²) in [6.07, 6.45) is 2.82. The van der Waals surface area contributed by atoms with Crippen molar-refractivity contribution in [3.8, 4) is 23.1 Å². The molecule has 1 amide bonds. The van der Waals surface area contributed by atoms with E-state index in [1.54, 1.807) is 43.5 Å². The quantitative estimate of drug-likeness (QED) is 0.537. The molecule has 28 heavy (non-hydrogen) atoms. The molecule has 0 saturated heterocycles. The predicted octanol–water partition coefficient (Wildman–Crippen LogP) is 2.50. The monoisotopic (exact) mass is 400 g/mol. The fourth-order valence-electron chi connectivity index (χ4n) is 2.43. The summed E-state index contributed by atoms with van der Waals surface area (Å²) >= 11 is 0. The van der Waals surface area contributed by atoms with Gasteiger partial charge in [0.05, 0.1) is 6.04 Å². The topological polar surface area (TPSA) is 135 Å². The van der Waals surface area contributed by atoms with Crippen molar-refractivity contribution in [3.05, 3.63) is 66.0 Å². The first-order valence-electron chi connectivity index (χ1n) is 8.23. The summed E-state index contributed by atoms with van der Waals surface area (Å²) in [5.41, 5.74) is 1.15. The lowest BCUT2D eigenvalue weighted by molar-refractivity contribution is 0.0936. The van der Waals surface area contributed by atoms with Crippen LogP contribution in [0, 0.1) is 0 Å². The Morgan fingerprint density at radius 1 is 1.18 bits per heavy atom. The van der Waals surface area contributed by atoms with Gasteiger partial charge in [-0.2, -0.15) is 4.98 Å². The van der Waals surface area contributed by atoms with E-state index in [0.717, 1.165) is 5.56 Å². The molecule has 3 N–H and O–H groups in total. The summed E-state index contributed by atoms with van der Waals surface area (Å²) in [6, 6.07) is 11.2. The van der Waals surface area contributed by atoms with Gasteiger partial charge in [0.2, 0.25) is 5.88 Å². The Morgan fingerprint density at radius 2 is 1.93 bits per heavy atom. The number of hydrogen-bond donors (Lipinski definition) is 3. The van der Waals surface area contributed by atoms with Crippen molar-refractivity contribution in [2.75, 3.05) is 0 Å². The minimum Gasteiger partial charge on any atom is -0.493 e. The number of carbonyl (C=O) groups is 1. The summed E-state index contributed by atoms with van der Waals surface area (Å²) < 4.78 is 15.4. The average Bonchev–Trinajstić information content (AvgIpc) is 2.68. The van der Waals surface area contributed by atoms with Gasteiger partial charge in [0.1, 0.15) is 17.0 Å². The zero-order chi connectivity index (χ0) is 20.1. The molecule has 0 spiro atoms. The van der Waals surface area contributed by atoms with Gasteiger partial charge in [0.25, 0.3) is 5.91 Å².